The summed E-state index contributed by atoms with van der Waals surface area (Å²) in [5, 5.41) is 8.99. The summed E-state index contributed by atoms with van der Waals surface area (Å²) in [4.78, 5) is 39.2. The first kappa shape index (κ1) is 15.6. The summed E-state index contributed by atoms with van der Waals surface area (Å²) in [6, 6.07) is 4.58. The molecule has 0 aliphatic carbocycles. The second kappa shape index (κ2) is 6.10. The molecule has 1 unspecified atom stereocenters. The van der Waals surface area contributed by atoms with E-state index >= 15 is 0 Å². The Morgan fingerprint density at radius 3 is 2.78 bits per heavy atom. The monoisotopic (exact) mass is 318 g/mol. The van der Waals surface area contributed by atoms with Gasteiger partial charge in [0, 0.05) is 32.3 Å². The number of fused-ring (bicyclic) bond motifs is 1. The summed E-state index contributed by atoms with van der Waals surface area (Å²) in [7, 11) is 1.42. The largest absolute Gasteiger partial charge is 0.396 e. The lowest BCUT2D eigenvalue weighted by Crippen LogP contribution is -2.45. The zero-order valence-electron chi connectivity index (χ0n) is 12.8. The quantitative estimate of drug-likeness (QED) is 0.801. The standard InChI is InChI=1S/C16H18N2O5/c1-17-15(21)12-3-2-10(8-13(12)16(17)22)14(20)18-5-7-23-11(9-18)4-6-19/h2-3,8,11,19H,4-7,9H2,1H3. The van der Waals surface area contributed by atoms with Crippen molar-refractivity contribution in [1.82, 2.24) is 9.80 Å². The first-order valence-electron chi connectivity index (χ1n) is 7.51. The maximum Gasteiger partial charge on any atom is 0.261 e. The number of benzene rings is 1. The molecule has 0 spiro atoms. The van der Waals surface area contributed by atoms with Crippen LogP contribution in [0, 0.1) is 0 Å². The molecule has 1 saturated heterocycles. The summed E-state index contributed by atoms with van der Waals surface area (Å²) in [5.41, 5.74) is 0.975. The zero-order chi connectivity index (χ0) is 16.6. The highest BCUT2D eigenvalue weighted by Gasteiger charge is 2.34. The van der Waals surface area contributed by atoms with Gasteiger partial charge in [-0.25, -0.2) is 0 Å². The number of amides is 3. The Kier molecular flexibility index (Phi) is 4.14. The highest BCUT2D eigenvalue weighted by Crippen LogP contribution is 2.23. The van der Waals surface area contributed by atoms with Gasteiger partial charge >= 0.3 is 0 Å². The molecule has 1 aromatic carbocycles. The lowest BCUT2D eigenvalue weighted by Gasteiger charge is -2.32. The molecule has 1 N–H and O–H groups in total. The fourth-order valence-electron chi connectivity index (χ4n) is 2.90. The minimum atomic E-state index is -0.389. The second-order valence-electron chi connectivity index (χ2n) is 5.69. The first-order chi connectivity index (χ1) is 11.0. The van der Waals surface area contributed by atoms with Gasteiger partial charge in [-0.1, -0.05) is 0 Å². The van der Waals surface area contributed by atoms with Crippen molar-refractivity contribution in [2.45, 2.75) is 12.5 Å². The van der Waals surface area contributed by atoms with Gasteiger partial charge in [-0.15, -0.1) is 0 Å². The van der Waals surface area contributed by atoms with E-state index in [9.17, 15) is 14.4 Å². The van der Waals surface area contributed by atoms with Gasteiger partial charge in [0.05, 0.1) is 23.8 Å². The molecule has 3 amide bonds. The molecule has 7 nitrogen and oxygen atoms in total. The van der Waals surface area contributed by atoms with E-state index in [1.165, 1.54) is 19.2 Å². The number of carbonyl (C=O) groups excluding carboxylic acids is 3. The molecular formula is C16H18N2O5. The number of hydrogen-bond donors (Lipinski definition) is 1. The first-order valence-corrected chi connectivity index (χ1v) is 7.51. The Hall–Kier alpha value is -2.25. The van der Waals surface area contributed by atoms with Crippen molar-refractivity contribution in [1.29, 1.82) is 0 Å². The average Bonchev–Trinajstić information content (AvgIpc) is 2.79. The third kappa shape index (κ3) is 2.73. The maximum absolute atomic E-state index is 12.6. The number of hydrogen-bond acceptors (Lipinski definition) is 5. The number of aliphatic hydroxyl groups is 1. The van der Waals surface area contributed by atoms with E-state index in [1.807, 2.05) is 0 Å². The van der Waals surface area contributed by atoms with E-state index in [4.69, 9.17) is 9.84 Å². The summed E-state index contributed by atoms with van der Waals surface area (Å²) in [6.07, 6.45) is 0.299. The van der Waals surface area contributed by atoms with Gasteiger partial charge in [0.2, 0.25) is 0 Å². The number of aliphatic hydroxyl groups excluding tert-OH is 1. The third-order valence-corrected chi connectivity index (χ3v) is 4.21. The smallest absolute Gasteiger partial charge is 0.261 e. The Morgan fingerprint density at radius 2 is 2.04 bits per heavy atom. The van der Waals surface area contributed by atoms with Gasteiger partial charge in [0.15, 0.2) is 0 Å². The van der Waals surface area contributed by atoms with E-state index in [-0.39, 0.29) is 36.0 Å². The van der Waals surface area contributed by atoms with Crippen LogP contribution in [0.3, 0.4) is 0 Å². The molecule has 2 heterocycles. The number of carbonyl (C=O) groups is 3. The molecule has 1 fully saturated rings. The number of morpholine rings is 1. The molecule has 0 radical (unpaired) electrons. The number of nitrogens with zero attached hydrogens (tertiary/aromatic N) is 2. The summed E-state index contributed by atoms with van der Waals surface area (Å²) < 4.78 is 5.49. The van der Waals surface area contributed by atoms with Crippen LogP contribution in [0.25, 0.3) is 0 Å². The lowest BCUT2D eigenvalue weighted by molar-refractivity contribution is -0.0307. The fourth-order valence-corrected chi connectivity index (χ4v) is 2.90. The summed E-state index contributed by atoms with van der Waals surface area (Å²) in [6.45, 7) is 1.30. The molecule has 7 heteroatoms. The van der Waals surface area contributed by atoms with Crippen LogP contribution in [0.1, 0.15) is 37.5 Å². The van der Waals surface area contributed by atoms with Crippen LogP contribution in [0.5, 0.6) is 0 Å². The number of rotatable bonds is 3. The topological polar surface area (TPSA) is 87.2 Å². The van der Waals surface area contributed by atoms with Crippen molar-refractivity contribution in [2.75, 3.05) is 33.4 Å². The van der Waals surface area contributed by atoms with Crippen LogP contribution >= 0.6 is 0 Å². The van der Waals surface area contributed by atoms with Crippen LogP contribution < -0.4 is 0 Å². The van der Waals surface area contributed by atoms with E-state index in [0.717, 1.165) is 4.90 Å². The Bertz CT molecular complexity index is 670. The van der Waals surface area contributed by atoms with Gasteiger partial charge in [-0.05, 0) is 24.6 Å². The summed E-state index contributed by atoms with van der Waals surface area (Å²) in [5.74, 6) is -0.938. The Labute approximate surface area is 133 Å². The molecule has 0 bridgehead atoms. The van der Waals surface area contributed by atoms with Gasteiger partial charge in [-0.2, -0.15) is 0 Å². The van der Waals surface area contributed by atoms with Crippen molar-refractivity contribution in [3.8, 4) is 0 Å². The molecule has 0 saturated carbocycles. The minimum absolute atomic E-state index is 0.00842. The van der Waals surface area contributed by atoms with E-state index in [0.29, 0.717) is 37.2 Å². The van der Waals surface area contributed by atoms with Crippen molar-refractivity contribution < 1.29 is 24.2 Å². The predicted octanol–water partition coefficient (Wildman–Crippen LogP) is 0.136. The molecule has 2 aliphatic rings. The van der Waals surface area contributed by atoms with E-state index in [2.05, 4.69) is 0 Å². The lowest BCUT2D eigenvalue weighted by atomic mass is 10.0. The predicted molar refractivity (Wildman–Crippen MR) is 80.2 cm³/mol. The molecule has 122 valence electrons. The molecule has 0 aromatic heterocycles. The van der Waals surface area contributed by atoms with Gasteiger partial charge in [-0.3, -0.25) is 19.3 Å². The molecular weight excluding hydrogens is 300 g/mol. The maximum atomic E-state index is 12.6. The van der Waals surface area contributed by atoms with E-state index < -0.39 is 0 Å². The number of ether oxygens (including phenoxy) is 1. The highest BCUT2D eigenvalue weighted by atomic mass is 16.5. The van der Waals surface area contributed by atoms with Gasteiger partial charge in [0.25, 0.3) is 17.7 Å². The van der Waals surface area contributed by atoms with Gasteiger partial charge < -0.3 is 14.7 Å². The van der Waals surface area contributed by atoms with Crippen molar-refractivity contribution >= 4 is 17.7 Å². The average molecular weight is 318 g/mol. The Balaban J connectivity index is 1.81. The highest BCUT2D eigenvalue weighted by molar-refractivity contribution is 6.21. The molecule has 23 heavy (non-hydrogen) atoms. The molecule has 3 rings (SSSR count). The minimum Gasteiger partial charge on any atom is -0.396 e. The van der Waals surface area contributed by atoms with Crippen molar-refractivity contribution in [3.05, 3.63) is 34.9 Å². The van der Waals surface area contributed by atoms with Crippen LogP contribution in [0.2, 0.25) is 0 Å². The third-order valence-electron chi connectivity index (χ3n) is 4.21. The van der Waals surface area contributed by atoms with Crippen LogP contribution in [0.15, 0.2) is 18.2 Å². The van der Waals surface area contributed by atoms with Crippen LogP contribution in [-0.2, 0) is 4.74 Å². The van der Waals surface area contributed by atoms with Crippen molar-refractivity contribution in [3.63, 3.8) is 0 Å². The second-order valence-corrected chi connectivity index (χ2v) is 5.69. The van der Waals surface area contributed by atoms with Crippen LogP contribution in [0.4, 0.5) is 0 Å². The van der Waals surface area contributed by atoms with Crippen molar-refractivity contribution in [2.24, 2.45) is 0 Å². The SMILES string of the molecule is CN1C(=O)c2ccc(C(=O)N3CCOC(CCO)C3)cc2C1=O. The zero-order valence-corrected chi connectivity index (χ0v) is 12.8. The molecule has 1 aromatic rings. The Morgan fingerprint density at radius 1 is 1.30 bits per heavy atom. The van der Waals surface area contributed by atoms with Crippen LogP contribution in [-0.4, -0.2) is 72.1 Å². The summed E-state index contributed by atoms with van der Waals surface area (Å²) >= 11 is 0. The van der Waals surface area contributed by atoms with Gasteiger partial charge in [0.1, 0.15) is 0 Å². The molecule has 2 aliphatic heterocycles. The normalized spacial score (nSPS) is 20.9. The fraction of sp³-hybridized carbons (Fsp3) is 0.438. The molecule has 1 atom stereocenters. The number of imide groups is 1. The van der Waals surface area contributed by atoms with E-state index in [1.54, 1.807) is 11.0 Å².